The number of alkyl halides is 1. The molecule has 0 bridgehead atoms. The molecule has 0 spiro atoms. The molecule has 0 radical (unpaired) electrons. The predicted octanol–water partition coefficient (Wildman–Crippen LogP) is -0.148. The summed E-state index contributed by atoms with van der Waals surface area (Å²) < 4.78 is 0. The molecule has 1 unspecified atom stereocenters. The van der Waals surface area contributed by atoms with Crippen molar-refractivity contribution >= 4 is 47.0 Å². The first kappa shape index (κ1) is 31.4. The van der Waals surface area contributed by atoms with Crippen LogP contribution in [-0.4, -0.2) is 75.6 Å². The van der Waals surface area contributed by atoms with Gasteiger partial charge in [-0.25, -0.2) is 0 Å². The number of phenols is 1. The minimum atomic E-state index is -1.36. The molecule has 1 rings (SSSR count). The van der Waals surface area contributed by atoms with Crippen molar-refractivity contribution in [2.75, 3.05) is 5.88 Å². The van der Waals surface area contributed by atoms with E-state index in [1.807, 2.05) is 0 Å². The topological polar surface area (TPSA) is 191 Å². The Morgan fingerprint density at radius 2 is 1.43 bits per heavy atom. The van der Waals surface area contributed by atoms with E-state index in [-0.39, 0.29) is 12.2 Å². The average Bonchev–Trinajstić information content (AvgIpc) is 2.81. The molecule has 37 heavy (non-hydrogen) atoms. The van der Waals surface area contributed by atoms with Gasteiger partial charge in [-0.15, -0.1) is 11.6 Å². The lowest BCUT2D eigenvalue weighted by molar-refractivity contribution is -0.140. The highest BCUT2D eigenvalue weighted by molar-refractivity contribution is 6.28. The lowest BCUT2D eigenvalue weighted by Crippen LogP contribution is -2.58. The minimum absolute atomic E-state index is 0.0419. The zero-order valence-corrected chi connectivity index (χ0v) is 21.8. The maximum Gasteiger partial charge on any atom is 0.305 e. The number of Topliss-reactive ketones (excluding diaryl/α,β-unsaturated/α-hetero) is 1. The number of halogens is 1. The summed E-state index contributed by atoms with van der Waals surface area (Å²) in [4.78, 5) is 72.9. The smallest absolute Gasteiger partial charge is 0.305 e. The third-order valence-electron chi connectivity index (χ3n) is 5.28. The van der Waals surface area contributed by atoms with Crippen LogP contribution < -0.4 is 21.3 Å². The van der Waals surface area contributed by atoms with Gasteiger partial charge in [-0.3, -0.25) is 28.8 Å². The van der Waals surface area contributed by atoms with Crippen molar-refractivity contribution in [2.45, 2.75) is 64.7 Å². The first-order chi connectivity index (χ1) is 17.2. The van der Waals surface area contributed by atoms with Gasteiger partial charge in [0.1, 0.15) is 23.9 Å². The maximum absolute atomic E-state index is 13.0. The number of amides is 4. The van der Waals surface area contributed by atoms with Gasteiger partial charge in [0.15, 0.2) is 5.78 Å². The number of carboxylic acids is 1. The summed E-state index contributed by atoms with van der Waals surface area (Å²) in [5.74, 6) is -5.49. The molecule has 4 amide bonds. The maximum atomic E-state index is 13.0. The lowest BCUT2D eigenvalue weighted by Gasteiger charge is -2.27. The summed E-state index contributed by atoms with van der Waals surface area (Å²) in [6, 6.07) is 1.43. The zero-order chi connectivity index (χ0) is 28.3. The van der Waals surface area contributed by atoms with Crippen LogP contribution in [0.5, 0.6) is 5.75 Å². The molecule has 0 aliphatic carbocycles. The van der Waals surface area contributed by atoms with E-state index in [0.717, 1.165) is 0 Å². The Hall–Kier alpha value is -3.67. The van der Waals surface area contributed by atoms with Gasteiger partial charge in [0.25, 0.3) is 0 Å². The first-order valence-electron chi connectivity index (χ1n) is 11.5. The van der Waals surface area contributed by atoms with E-state index in [4.69, 9.17) is 16.7 Å². The lowest BCUT2D eigenvalue weighted by atomic mass is 10.0. The van der Waals surface area contributed by atoms with Crippen LogP contribution in [0.25, 0.3) is 0 Å². The fourth-order valence-corrected chi connectivity index (χ4v) is 3.48. The molecule has 0 saturated heterocycles. The van der Waals surface area contributed by atoms with Crippen molar-refractivity contribution in [1.29, 1.82) is 0 Å². The number of carbonyl (C=O) groups excluding carboxylic acids is 5. The quantitative estimate of drug-likeness (QED) is 0.175. The zero-order valence-electron chi connectivity index (χ0n) is 21.0. The van der Waals surface area contributed by atoms with E-state index < -0.39 is 77.8 Å². The van der Waals surface area contributed by atoms with Gasteiger partial charge in [-0.1, -0.05) is 26.0 Å². The van der Waals surface area contributed by atoms with Crippen LogP contribution in [0.1, 0.15) is 39.7 Å². The molecule has 0 heterocycles. The highest BCUT2D eigenvalue weighted by atomic mass is 35.5. The van der Waals surface area contributed by atoms with E-state index in [1.54, 1.807) is 26.0 Å². The number of rotatable bonds is 14. The molecular formula is C24H33ClN4O8. The monoisotopic (exact) mass is 540 g/mol. The molecule has 12 nitrogen and oxygen atoms in total. The summed E-state index contributed by atoms with van der Waals surface area (Å²) in [6.07, 6.45) is -0.579. The SMILES string of the molecule is CC(=O)N[C@@H](Cc1ccc(O)cc1)C(=O)NC(C(=O)N[C@@H](C)C(=O)N[C@@H](CC(=O)O)C(=O)CCl)C(C)C. The van der Waals surface area contributed by atoms with Gasteiger partial charge >= 0.3 is 5.97 Å². The molecule has 0 aromatic heterocycles. The Labute approximate surface area is 219 Å². The number of aliphatic carboxylic acids is 1. The molecule has 0 fully saturated rings. The second-order valence-corrected chi connectivity index (χ2v) is 9.11. The third-order valence-corrected chi connectivity index (χ3v) is 5.55. The largest absolute Gasteiger partial charge is 0.508 e. The van der Waals surface area contributed by atoms with Gasteiger partial charge in [0.05, 0.1) is 18.3 Å². The Kier molecular flexibility index (Phi) is 12.5. The van der Waals surface area contributed by atoms with Crippen molar-refractivity contribution in [2.24, 2.45) is 5.92 Å². The second kappa shape index (κ2) is 14.8. The summed E-state index contributed by atoms with van der Waals surface area (Å²) >= 11 is 5.48. The van der Waals surface area contributed by atoms with Crippen LogP contribution in [0.15, 0.2) is 24.3 Å². The highest BCUT2D eigenvalue weighted by Gasteiger charge is 2.31. The molecule has 0 aliphatic heterocycles. The minimum Gasteiger partial charge on any atom is -0.508 e. The van der Waals surface area contributed by atoms with E-state index in [2.05, 4.69) is 21.3 Å². The number of benzene rings is 1. The number of nitrogens with one attached hydrogen (secondary N) is 4. The standard InChI is InChI=1S/C24H33ClN4O8/c1-12(2)21(24(37)26-13(3)22(35)28-17(10-20(33)34)19(32)11-25)29-23(36)18(27-14(4)30)9-15-5-7-16(31)8-6-15/h5-8,12-13,17-18,21,31H,9-11H2,1-4H3,(H,26,37)(H,27,30)(H,28,35)(H,29,36)(H,33,34)/t13-,17-,18-,21?/m0/s1. The van der Waals surface area contributed by atoms with E-state index in [1.165, 1.54) is 26.0 Å². The Bertz CT molecular complexity index is 999. The molecule has 1 aromatic carbocycles. The molecule has 0 aliphatic rings. The van der Waals surface area contributed by atoms with Gasteiger partial charge in [-0.2, -0.15) is 0 Å². The van der Waals surface area contributed by atoms with Crippen LogP contribution in [-0.2, 0) is 35.2 Å². The molecule has 4 atom stereocenters. The number of carbonyl (C=O) groups is 6. The van der Waals surface area contributed by atoms with Crippen molar-refractivity contribution in [3.63, 3.8) is 0 Å². The van der Waals surface area contributed by atoms with Gasteiger partial charge in [-0.05, 0) is 30.5 Å². The molecule has 204 valence electrons. The van der Waals surface area contributed by atoms with Gasteiger partial charge < -0.3 is 31.5 Å². The van der Waals surface area contributed by atoms with E-state index in [0.29, 0.717) is 5.56 Å². The van der Waals surface area contributed by atoms with Crippen LogP contribution in [0.3, 0.4) is 0 Å². The number of hydrogen-bond donors (Lipinski definition) is 6. The Morgan fingerprint density at radius 1 is 0.838 bits per heavy atom. The molecular weight excluding hydrogens is 508 g/mol. The molecule has 6 N–H and O–H groups in total. The fraction of sp³-hybridized carbons (Fsp3) is 0.500. The number of carboxylic acid groups (broad SMARTS) is 1. The normalized spacial score (nSPS) is 14.0. The summed E-state index contributed by atoms with van der Waals surface area (Å²) in [6.45, 7) is 5.92. The number of hydrogen-bond acceptors (Lipinski definition) is 7. The van der Waals surface area contributed by atoms with Crippen molar-refractivity contribution in [3.05, 3.63) is 29.8 Å². The van der Waals surface area contributed by atoms with Crippen LogP contribution in [0.4, 0.5) is 0 Å². The number of aromatic hydroxyl groups is 1. The fourth-order valence-electron chi connectivity index (χ4n) is 3.29. The van der Waals surface area contributed by atoms with Crippen LogP contribution >= 0.6 is 11.6 Å². The molecule has 13 heteroatoms. The predicted molar refractivity (Wildman–Crippen MR) is 134 cm³/mol. The first-order valence-corrected chi connectivity index (χ1v) is 12.0. The Balaban J connectivity index is 2.92. The van der Waals surface area contributed by atoms with Crippen molar-refractivity contribution < 1.29 is 39.0 Å². The van der Waals surface area contributed by atoms with E-state index in [9.17, 15) is 33.9 Å². The molecule has 0 saturated carbocycles. The Morgan fingerprint density at radius 3 is 1.92 bits per heavy atom. The van der Waals surface area contributed by atoms with E-state index >= 15 is 0 Å². The number of phenolic OH excluding ortho intramolecular Hbond substituents is 1. The van der Waals surface area contributed by atoms with Crippen LogP contribution in [0.2, 0.25) is 0 Å². The second-order valence-electron chi connectivity index (χ2n) is 8.84. The summed E-state index contributed by atoms with van der Waals surface area (Å²) in [7, 11) is 0. The number of ketones is 1. The summed E-state index contributed by atoms with van der Waals surface area (Å²) in [5.41, 5.74) is 0.657. The average molecular weight is 541 g/mol. The van der Waals surface area contributed by atoms with Crippen molar-refractivity contribution in [1.82, 2.24) is 21.3 Å². The highest BCUT2D eigenvalue weighted by Crippen LogP contribution is 2.12. The van der Waals surface area contributed by atoms with Gasteiger partial charge in [0.2, 0.25) is 23.6 Å². The summed E-state index contributed by atoms with van der Waals surface area (Å²) in [5, 5.41) is 28.2. The van der Waals surface area contributed by atoms with Crippen LogP contribution in [0, 0.1) is 5.92 Å². The molecule has 1 aromatic rings. The van der Waals surface area contributed by atoms with Crippen molar-refractivity contribution in [3.8, 4) is 5.75 Å². The third kappa shape index (κ3) is 10.9. The van der Waals surface area contributed by atoms with Gasteiger partial charge in [0, 0.05) is 13.3 Å².